The quantitative estimate of drug-likeness (QED) is 0.645. The van der Waals surface area contributed by atoms with Gasteiger partial charge in [-0.1, -0.05) is 38.1 Å². The van der Waals surface area contributed by atoms with Gasteiger partial charge in [0.25, 0.3) is 0 Å². The lowest BCUT2D eigenvalue weighted by molar-refractivity contribution is -0.115. The van der Waals surface area contributed by atoms with E-state index >= 15 is 0 Å². The highest BCUT2D eigenvalue weighted by molar-refractivity contribution is 6.04. The summed E-state index contributed by atoms with van der Waals surface area (Å²) in [5.74, 6) is 0.191. The third kappa shape index (κ3) is 5.03. The summed E-state index contributed by atoms with van der Waals surface area (Å²) >= 11 is 0. The van der Waals surface area contributed by atoms with Crippen LogP contribution in [0.4, 0.5) is 5.69 Å². The van der Waals surface area contributed by atoms with E-state index in [0.717, 1.165) is 37.3 Å². The summed E-state index contributed by atoms with van der Waals surface area (Å²) in [5, 5.41) is 5.99. The smallest absolute Gasteiger partial charge is 0.238 e. The van der Waals surface area contributed by atoms with Gasteiger partial charge in [-0.05, 0) is 23.6 Å². The molecule has 1 aromatic carbocycles. The highest BCUT2D eigenvalue weighted by Gasteiger charge is 2.19. The van der Waals surface area contributed by atoms with E-state index in [0.29, 0.717) is 23.7 Å². The van der Waals surface area contributed by atoms with Gasteiger partial charge in [-0.2, -0.15) is 0 Å². The number of amides is 1. The fraction of sp³-hybridized carbons (Fsp3) is 0.409. The summed E-state index contributed by atoms with van der Waals surface area (Å²) in [6.45, 7) is 6.31. The number of nitrogens with one attached hydrogen (secondary N) is 2. The first-order chi connectivity index (χ1) is 13.6. The molecule has 2 aromatic rings. The number of aromatic nitrogens is 1. The summed E-state index contributed by atoms with van der Waals surface area (Å²) in [5.41, 5.74) is 3.88. The number of benzene rings is 1. The van der Waals surface area contributed by atoms with Crippen molar-refractivity contribution in [3.05, 3.63) is 47.8 Å². The maximum Gasteiger partial charge on any atom is 0.238 e. The van der Waals surface area contributed by atoms with Crippen LogP contribution < -0.4 is 10.6 Å². The third-order valence-electron chi connectivity index (χ3n) is 4.84. The Kier molecular flexibility index (Phi) is 6.90. The number of carbonyl (C=O) groups excluding carboxylic acids is 2. The highest BCUT2D eigenvalue weighted by atomic mass is 16.5. The summed E-state index contributed by atoms with van der Waals surface area (Å²) < 4.78 is 5.13. The summed E-state index contributed by atoms with van der Waals surface area (Å²) in [6.07, 6.45) is 2.97. The highest BCUT2D eigenvalue weighted by Crippen LogP contribution is 2.26. The predicted molar refractivity (Wildman–Crippen MR) is 114 cm³/mol. The second kappa shape index (κ2) is 9.57. The molecule has 1 aliphatic rings. The normalized spacial score (nSPS) is 13.8. The predicted octanol–water partition coefficient (Wildman–Crippen LogP) is 3.57. The van der Waals surface area contributed by atoms with Crippen LogP contribution in [-0.4, -0.2) is 43.0 Å². The maximum absolute atomic E-state index is 12.4. The Bertz CT molecular complexity index is 857. The lowest BCUT2D eigenvalue weighted by Gasteiger charge is -2.25. The van der Waals surface area contributed by atoms with Crippen molar-refractivity contribution in [3.63, 3.8) is 0 Å². The minimum atomic E-state index is -0.188. The van der Waals surface area contributed by atoms with Crippen LogP contribution in [0, 0.1) is 5.92 Å². The number of pyridine rings is 1. The molecule has 0 atom stereocenters. The first-order valence-corrected chi connectivity index (χ1v) is 9.81. The van der Waals surface area contributed by atoms with Gasteiger partial charge in [-0.3, -0.25) is 14.6 Å². The van der Waals surface area contributed by atoms with Crippen LogP contribution >= 0.6 is 0 Å². The number of rotatable bonds is 9. The number of Topliss-reactive ketones (excluding diaryl/α,β-unsaturated/α-hetero) is 1. The first-order valence-electron chi connectivity index (χ1n) is 9.81. The van der Waals surface area contributed by atoms with Crippen molar-refractivity contribution in [3.8, 4) is 11.1 Å². The zero-order chi connectivity index (χ0) is 19.9. The fourth-order valence-corrected chi connectivity index (χ4v) is 3.06. The average molecular weight is 386 g/mol. The summed E-state index contributed by atoms with van der Waals surface area (Å²) in [6, 6.07) is 10.0. The number of carbonyl (C=O) groups is 2. The topological polar surface area (TPSA) is 80.3 Å². The Hall–Kier alpha value is -2.57. The van der Waals surface area contributed by atoms with Crippen molar-refractivity contribution in [2.75, 3.05) is 31.6 Å². The number of hydrogen-bond acceptors (Lipinski definition) is 5. The molecule has 1 fully saturated rings. The Labute approximate surface area is 168 Å². The standard InChI is InChI=1S/C22H27N3O3.2H2/c1-3-15-6-5-7-17(8-15)18-9-19(22(24-11-18)20(26)4-2)25-21(27)12-23-10-16-13-28-14-16;;/h5-9,11,16,23H,3-4,10,12-14H2,1-2H3,(H,25,27);2*1H. The van der Waals surface area contributed by atoms with Crippen molar-refractivity contribution in [1.82, 2.24) is 10.3 Å². The van der Waals surface area contributed by atoms with Crippen LogP contribution in [0.5, 0.6) is 0 Å². The molecule has 152 valence electrons. The molecule has 0 radical (unpaired) electrons. The van der Waals surface area contributed by atoms with Crippen LogP contribution in [-0.2, 0) is 16.0 Å². The molecule has 1 saturated heterocycles. The molecule has 2 N–H and O–H groups in total. The van der Waals surface area contributed by atoms with Crippen molar-refractivity contribution in [2.24, 2.45) is 5.92 Å². The van der Waals surface area contributed by atoms with Crippen LogP contribution in [0.2, 0.25) is 0 Å². The Morgan fingerprint density at radius 3 is 2.71 bits per heavy atom. The molecule has 1 aliphatic heterocycles. The van der Waals surface area contributed by atoms with Crippen molar-refractivity contribution >= 4 is 17.4 Å². The van der Waals surface area contributed by atoms with Gasteiger partial charge in [0.2, 0.25) is 5.91 Å². The fourth-order valence-electron chi connectivity index (χ4n) is 3.06. The average Bonchev–Trinajstić information content (AvgIpc) is 2.69. The van der Waals surface area contributed by atoms with E-state index in [2.05, 4.69) is 34.7 Å². The second-order valence-corrected chi connectivity index (χ2v) is 7.03. The van der Waals surface area contributed by atoms with E-state index in [4.69, 9.17) is 4.74 Å². The van der Waals surface area contributed by atoms with Gasteiger partial charge in [-0.25, -0.2) is 0 Å². The lowest BCUT2D eigenvalue weighted by Crippen LogP contribution is -2.39. The van der Waals surface area contributed by atoms with Gasteiger partial charge >= 0.3 is 0 Å². The lowest BCUT2D eigenvalue weighted by atomic mass is 10.0. The van der Waals surface area contributed by atoms with E-state index in [1.165, 1.54) is 5.56 Å². The number of ketones is 1. The minimum Gasteiger partial charge on any atom is -0.381 e. The van der Waals surface area contributed by atoms with Gasteiger partial charge in [0, 0.05) is 33.5 Å². The summed E-state index contributed by atoms with van der Waals surface area (Å²) in [4.78, 5) is 29.0. The molecular weight excluding hydrogens is 354 g/mol. The second-order valence-electron chi connectivity index (χ2n) is 7.03. The molecule has 0 aliphatic carbocycles. The van der Waals surface area contributed by atoms with Crippen molar-refractivity contribution in [1.29, 1.82) is 0 Å². The van der Waals surface area contributed by atoms with E-state index in [1.807, 2.05) is 18.2 Å². The number of nitrogens with zero attached hydrogens (tertiary/aromatic N) is 1. The van der Waals surface area contributed by atoms with Crippen molar-refractivity contribution in [2.45, 2.75) is 26.7 Å². The van der Waals surface area contributed by atoms with Gasteiger partial charge in [0.05, 0.1) is 25.4 Å². The monoisotopic (exact) mass is 385 g/mol. The van der Waals surface area contributed by atoms with Gasteiger partial charge in [-0.15, -0.1) is 0 Å². The number of ether oxygens (including phenoxy) is 1. The van der Waals surface area contributed by atoms with Gasteiger partial charge in [0.1, 0.15) is 5.69 Å². The largest absolute Gasteiger partial charge is 0.381 e. The molecule has 0 saturated carbocycles. The van der Waals surface area contributed by atoms with Crippen LogP contribution in [0.1, 0.15) is 39.2 Å². The van der Waals surface area contributed by atoms with E-state index in [-0.39, 0.29) is 21.1 Å². The summed E-state index contributed by atoms with van der Waals surface area (Å²) in [7, 11) is 0. The number of hydrogen-bond donors (Lipinski definition) is 2. The maximum atomic E-state index is 12.4. The molecule has 1 aromatic heterocycles. The van der Waals surface area contributed by atoms with E-state index < -0.39 is 0 Å². The SMILES string of the molecule is CCC(=O)c1ncc(-c2cccc(CC)c2)cc1NC(=O)CNCC1COC1.[HH].[HH]. The van der Waals surface area contributed by atoms with Crippen molar-refractivity contribution < 1.29 is 17.2 Å². The third-order valence-corrected chi connectivity index (χ3v) is 4.84. The van der Waals surface area contributed by atoms with Crippen LogP contribution in [0.3, 0.4) is 0 Å². The molecule has 6 nitrogen and oxygen atoms in total. The molecule has 0 bridgehead atoms. The molecular formula is C22H31N3O3. The molecule has 3 rings (SSSR count). The Balaban J connectivity index is 0.00000225. The van der Waals surface area contributed by atoms with Crippen LogP contribution in [0.25, 0.3) is 11.1 Å². The van der Waals surface area contributed by atoms with Gasteiger partial charge < -0.3 is 15.4 Å². The van der Waals surface area contributed by atoms with Crippen LogP contribution in [0.15, 0.2) is 36.5 Å². The molecule has 28 heavy (non-hydrogen) atoms. The zero-order valence-electron chi connectivity index (χ0n) is 16.5. The molecule has 6 heteroatoms. The Morgan fingerprint density at radius 2 is 2.04 bits per heavy atom. The minimum absolute atomic E-state index is 0. The molecule has 2 heterocycles. The number of aryl methyl sites for hydroxylation is 1. The zero-order valence-corrected chi connectivity index (χ0v) is 16.5. The number of anilines is 1. The molecule has 0 unspecified atom stereocenters. The molecule has 0 spiro atoms. The van der Waals surface area contributed by atoms with Gasteiger partial charge in [0.15, 0.2) is 5.78 Å². The van der Waals surface area contributed by atoms with E-state index in [9.17, 15) is 9.59 Å². The van der Waals surface area contributed by atoms with E-state index in [1.54, 1.807) is 13.1 Å². The Morgan fingerprint density at radius 1 is 1.21 bits per heavy atom. The first kappa shape index (κ1) is 20.2. The molecule has 1 amide bonds.